The molecule has 1 saturated heterocycles. The zero-order valence-electron chi connectivity index (χ0n) is 13.4. The Morgan fingerprint density at radius 3 is 2.88 bits per heavy atom. The lowest BCUT2D eigenvalue weighted by Gasteiger charge is -2.31. The zero-order valence-corrected chi connectivity index (χ0v) is 15.0. The first kappa shape index (κ1) is 17.0. The molecule has 2 amide bonds. The summed E-state index contributed by atoms with van der Waals surface area (Å²) in [5.74, 6) is -0.277. The van der Waals surface area contributed by atoms with E-state index in [2.05, 4.69) is 5.32 Å². The number of benzene rings is 1. The van der Waals surface area contributed by atoms with Crippen molar-refractivity contribution in [1.82, 2.24) is 4.90 Å². The summed E-state index contributed by atoms with van der Waals surface area (Å²) in [5.41, 5.74) is 1.66. The summed E-state index contributed by atoms with van der Waals surface area (Å²) >= 11 is 7.61. The number of rotatable bonds is 3. The first-order valence-electron chi connectivity index (χ1n) is 7.94. The number of thiophene rings is 1. The molecule has 1 atom stereocenters. The number of carbonyl (C=O) groups is 2. The molecule has 1 aromatic heterocycles. The molecule has 2 heterocycles. The highest BCUT2D eigenvalue weighted by Crippen LogP contribution is 2.26. The van der Waals surface area contributed by atoms with E-state index in [0.717, 1.165) is 23.3 Å². The molecule has 1 fully saturated rings. The number of hydrogen-bond donors (Lipinski definition) is 1. The summed E-state index contributed by atoms with van der Waals surface area (Å²) in [5, 5.41) is 5.32. The van der Waals surface area contributed by atoms with E-state index in [1.165, 1.54) is 11.3 Å². The number of anilines is 1. The Balaban J connectivity index is 1.65. The number of likely N-dealkylation sites (tertiary alicyclic amines) is 1. The van der Waals surface area contributed by atoms with Crippen LogP contribution < -0.4 is 5.32 Å². The van der Waals surface area contributed by atoms with Crippen molar-refractivity contribution in [3.63, 3.8) is 0 Å². The van der Waals surface area contributed by atoms with E-state index in [-0.39, 0.29) is 17.7 Å². The molecule has 1 N–H and O–H groups in total. The zero-order chi connectivity index (χ0) is 17.1. The predicted octanol–water partition coefficient (Wildman–Crippen LogP) is 4.20. The first-order chi connectivity index (χ1) is 11.5. The van der Waals surface area contributed by atoms with Crippen LogP contribution in [0, 0.1) is 12.8 Å². The number of halogens is 1. The van der Waals surface area contributed by atoms with Gasteiger partial charge in [0.05, 0.1) is 21.5 Å². The molecule has 0 bridgehead atoms. The molecule has 0 saturated carbocycles. The summed E-state index contributed by atoms with van der Waals surface area (Å²) in [6.45, 7) is 3.10. The van der Waals surface area contributed by atoms with E-state index in [1.54, 1.807) is 4.90 Å². The highest BCUT2D eigenvalue weighted by Gasteiger charge is 2.29. The number of amides is 2. The highest BCUT2D eigenvalue weighted by molar-refractivity contribution is 7.12. The third kappa shape index (κ3) is 3.79. The van der Waals surface area contributed by atoms with Crippen molar-refractivity contribution < 1.29 is 9.59 Å². The molecule has 126 valence electrons. The molecule has 0 spiro atoms. The highest BCUT2D eigenvalue weighted by atomic mass is 35.5. The minimum absolute atomic E-state index is 0.0101. The fourth-order valence-corrected chi connectivity index (χ4v) is 3.86. The molecular weight excluding hydrogens is 344 g/mol. The van der Waals surface area contributed by atoms with E-state index in [4.69, 9.17) is 11.6 Å². The first-order valence-corrected chi connectivity index (χ1v) is 9.20. The SMILES string of the molecule is Cc1ccc(NC(=O)[C@@H]2CCCN(C(=O)c3cccs3)C2)c(Cl)c1. The Labute approximate surface area is 150 Å². The third-order valence-corrected chi connectivity index (χ3v) is 5.36. The number of nitrogens with one attached hydrogen (secondary N) is 1. The molecule has 0 radical (unpaired) electrons. The van der Waals surface area contributed by atoms with Gasteiger partial charge in [-0.1, -0.05) is 23.7 Å². The summed E-state index contributed by atoms with van der Waals surface area (Å²) < 4.78 is 0. The number of nitrogens with zero attached hydrogens (tertiary/aromatic N) is 1. The smallest absolute Gasteiger partial charge is 0.263 e. The summed E-state index contributed by atoms with van der Waals surface area (Å²) in [4.78, 5) is 27.5. The van der Waals surface area contributed by atoms with Crippen molar-refractivity contribution in [2.45, 2.75) is 19.8 Å². The minimum Gasteiger partial charge on any atom is -0.337 e. The summed E-state index contributed by atoms with van der Waals surface area (Å²) in [6, 6.07) is 9.24. The quantitative estimate of drug-likeness (QED) is 0.889. The van der Waals surface area contributed by atoms with E-state index >= 15 is 0 Å². The minimum atomic E-state index is -0.208. The normalized spacial score (nSPS) is 17.6. The molecule has 1 aliphatic heterocycles. The maximum Gasteiger partial charge on any atom is 0.263 e. The second-order valence-electron chi connectivity index (χ2n) is 6.04. The number of carbonyl (C=O) groups excluding carboxylic acids is 2. The number of hydrogen-bond acceptors (Lipinski definition) is 3. The molecule has 0 unspecified atom stereocenters. The van der Waals surface area contributed by atoms with Crippen LogP contribution in [0.5, 0.6) is 0 Å². The lowest BCUT2D eigenvalue weighted by molar-refractivity contribution is -0.121. The molecule has 2 aromatic rings. The van der Waals surface area contributed by atoms with E-state index < -0.39 is 0 Å². The van der Waals surface area contributed by atoms with Gasteiger partial charge in [-0.25, -0.2) is 0 Å². The third-order valence-electron chi connectivity index (χ3n) is 4.19. The van der Waals surface area contributed by atoms with Crippen LogP contribution in [0.4, 0.5) is 5.69 Å². The van der Waals surface area contributed by atoms with Gasteiger partial charge in [-0.3, -0.25) is 9.59 Å². The van der Waals surface area contributed by atoms with Crippen molar-refractivity contribution in [1.29, 1.82) is 0 Å². The van der Waals surface area contributed by atoms with Crippen LogP contribution in [0.25, 0.3) is 0 Å². The average molecular weight is 363 g/mol. The van der Waals surface area contributed by atoms with Gasteiger partial charge in [0, 0.05) is 13.1 Å². The Morgan fingerprint density at radius 1 is 1.33 bits per heavy atom. The Morgan fingerprint density at radius 2 is 2.17 bits per heavy atom. The van der Waals surface area contributed by atoms with Gasteiger partial charge in [0.15, 0.2) is 0 Å². The van der Waals surface area contributed by atoms with Gasteiger partial charge >= 0.3 is 0 Å². The van der Waals surface area contributed by atoms with Gasteiger partial charge in [0.1, 0.15) is 0 Å². The van der Waals surface area contributed by atoms with Gasteiger partial charge in [-0.15, -0.1) is 11.3 Å². The van der Waals surface area contributed by atoms with Crippen molar-refractivity contribution in [2.24, 2.45) is 5.92 Å². The second kappa shape index (κ2) is 7.36. The van der Waals surface area contributed by atoms with E-state index in [0.29, 0.717) is 23.8 Å². The maximum atomic E-state index is 12.6. The van der Waals surface area contributed by atoms with Crippen molar-refractivity contribution in [3.8, 4) is 0 Å². The fraction of sp³-hybridized carbons (Fsp3) is 0.333. The lowest BCUT2D eigenvalue weighted by Crippen LogP contribution is -2.43. The van der Waals surface area contributed by atoms with Crippen molar-refractivity contribution in [2.75, 3.05) is 18.4 Å². The fourth-order valence-electron chi connectivity index (χ4n) is 2.89. The van der Waals surface area contributed by atoms with E-state index in [9.17, 15) is 9.59 Å². The molecule has 0 aliphatic carbocycles. The maximum absolute atomic E-state index is 12.6. The largest absolute Gasteiger partial charge is 0.337 e. The van der Waals surface area contributed by atoms with Crippen LogP contribution in [0.3, 0.4) is 0 Å². The van der Waals surface area contributed by atoms with Crippen molar-refractivity contribution in [3.05, 3.63) is 51.2 Å². The van der Waals surface area contributed by atoms with Crippen LogP contribution in [-0.2, 0) is 4.79 Å². The molecular formula is C18H19ClN2O2S. The Kier molecular flexibility index (Phi) is 5.21. The average Bonchev–Trinajstić information content (AvgIpc) is 3.11. The van der Waals surface area contributed by atoms with Gasteiger partial charge in [-0.2, -0.15) is 0 Å². The van der Waals surface area contributed by atoms with Crippen molar-refractivity contribution >= 4 is 40.4 Å². The standard InChI is InChI=1S/C18H19ClN2O2S/c1-12-6-7-15(14(19)10-12)20-17(22)13-4-2-8-21(11-13)18(23)16-5-3-9-24-16/h3,5-7,9-10,13H,2,4,8,11H2,1H3,(H,20,22)/t13-/m1/s1. The number of aryl methyl sites for hydroxylation is 1. The number of piperidine rings is 1. The Hall–Kier alpha value is -1.85. The van der Waals surface area contributed by atoms with Gasteiger partial charge in [-0.05, 0) is 48.9 Å². The van der Waals surface area contributed by atoms with Gasteiger partial charge in [0.2, 0.25) is 5.91 Å². The second-order valence-corrected chi connectivity index (χ2v) is 7.40. The van der Waals surface area contributed by atoms with Gasteiger partial charge < -0.3 is 10.2 Å². The van der Waals surface area contributed by atoms with Gasteiger partial charge in [0.25, 0.3) is 5.91 Å². The van der Waals surface area contributed by atoms with Crippen LogP contribution in [0.2, 0.25) is 5.02 Å². The van der Waals surface area contributed by atoms with Crippen LogP contribution in [0.15, 0.2) is 35.7 Å². The lowest BCUT2D eigenvalue weighted by atomic mass is 9.96. The molecule has 1 aliphatic rings. The summed E-state index contributed by atoms with van der Waals surface area (Å²) in [7, 11) is 0. The summed E-state index contributed by atoms with van der Waals surface area (Å²) in [6.07, 6.45) is 1.61. The Bertz CT molecular complexity index is 745. The molecule has 6 heteroatoms. The van der Waals surface area contributed by atoms with Crippen LogP contribution in [0.1, 0.15) is 28.1 Å². The van der Waals surface area contributed by atoms with Crippen LogP contribution >= 0.6 is 22.9 Å². The molecule has 1 aromatic carbocycles. The predicted molar refractivity (Wildman–Crippen MR) is 97.8 cm³/mol. The topological polar surface area (TPSA) is 49.4 Å². The molecule has 4 nitrogen and oxygen atoms in total. The monoisotopic (exact) mass is 362 g/mol. The van der Waals surface area contributed by atoms with Crippen LogP contribution in [-0.4, -0.2) is 29.8 Å². The molecule has 3 rings (SSSR count). The molecule has 24 heavy (non-hydrogen) atoms. The van der Waals surface area contributed by atoms with E-state index in [1.807, 2.05) is 42.6 Å².